The van der Waals surface area contributed by atoms with Crippen LogP contribution in [-0.2, 0) is 0 Å². The van der Waals surface area contributed by atoms with Crippen molar-refractivity contribution >= 4 is 22.7 Å². The van der Waals surface area contributed by atoms with E-state index in [0.717, 1.165) is 16.8 Å². The summed E-state index contributed by atoms with van der Waals surface area (Å²) in [5.74, 6) is -2.18. The van der Waals surface area contributed by atoms with Gasteiger partial charge in [-0.1, -0.05) is 0 Å². The van der Waals surface area contributed by atoms with E-state index in [-0.39, 0.29) is 30.0 Å². The first-order chi connectivity index (χ1) is 15.2. The van der Waals surface area contributed by atoms with Crippen LogP contribution in [0.3, 0.4) is 0 Å². The van der Waals surface area contributed by atoms with Gasteiger partial charge in [0.2, 0.25) is 17.2 Å². The van der Waals surface area contributed by atoms with Gasteiger partial charge in [0, 0.05) is 30.8 Å². The van der Waals surface area contributed by atoms with Gasteiger partial charge in [0.15, 0.2) is 0 Å². The Balaban J connectivity index is 1.87. The molecular formula is C24H26F2N4O2. The highest BCUT2D eigenvalue weighted by Crippen LogP contribution is 2.39. The molecule has 0 aliphatic heterocycles. The highest BCUT2D eigenvalue weighted by molar-refractivity contribution is 5.83. The summed E-state index contributed by atoms with van der Waals surface area (Å²) in [7, 11) is 1.54. The van der Waals surface area contributed by atoms with Gasteiger partial charge in [-0.3, -0.25) is 9.48 Å². The fourth-order valence-corrected chi connectivity index (χ4v) is 4.10. The van der Waals surface area contributed by atoms with Crippen LogP contribution in [-0.4, -0.2) is 32.8 Å². The van der Waals surface area contributed by atoms with E-state index in [1.54, 1.807) is 23.0 Å². The molecular weight excluding hydrogens is 414 g/mol. The lowest BCUT2D eigenvalue weighted by Gasteiger charge is -2.30. The Morgan fingerprint density at radius 1 is 1.25 bits per heavy atom. The molecule has 4 rings (SSSR count). The maximum Gasteiger partial charge on any atom is 0.248 e. The number of hydrogen-bond acceptors (Lipinski definition) is 5. The molecule has 168 valence electrons. The van der Waals surface area contributed by atoms with E-state index in [1.807, 2.05) is 32.9 Å². The first-order valence-electron chi connectivity index (χ1n) is 10.7. The number of methoxy groups -OCH3 is 1. The highest BCUT2D eigenvalue weighted by atomic mass is 19.3. The van der Waals surface area contributed by atoms with Crippen molar-refractivity contribution in [2.24, 2.45) is 0 Å². The molecule has 3 aromatic heterocycles. The van der Waals surface area contributed by atoms with Crippen molar-refractivity contribution in [1.82, 2.24) is 19.7 Å². The largest absolute Gasteiger partial charge is 0.481 e. The fraction of sp³-hybridized carbons (Fsp3) is 0.417. The first kappa shape index (κ1) is 22.0. The molecule has 0 atom stereocenters. The van der Waals surface area contributed by atoms with Gasteiger partial charge in [-0.2, -0.15) is 5.10 Å². The molecule has 1 aliphatic carbocycles. The van der Waals surface area contributed by atoms with Crippen molar-refractivity contribution in [2.45, 2.75) is 58.4 Å². The number of aromatic nitrogens is 4. The molecule has 1 saturated carbocycles. The molecule has 0 amide bonds. The summed E-state index contributed by atoms with van der Waals surface area (Å²) >= 11 is 0. The molecule has 1 aliphatic rings. The van der Waals surface area contributed by atoms with Gasteiger partial charge in [0.05, 0.1) is 18.7 Å². The topological polar surface area (TPSA) is 69.9 Å². The Morgan fingerprint density at radius 2 is 1.97 bits per heavy atom. The fourth-order valence-electron chi connectivity index (χ4n) is 4.10. The van der Waals surface area contributed by atoms with E-state index in [9.17, 15) is 13.6 Å². The Hall–Kier alpha value is -3.16. The van der Waals surface area contributed by atoms with E-state index < -0.39 is 5.92 Å². The van der Waals surface area contributed by atoms with Gasteiger partial charge < -0.3 is 4.74 Å². The molecule has 32 heavy (non-hydrogen) atoms. The van der Waals surface area contributed by atoms with Crippen LogP contribution in [0.15, 0.2) is 29.2 Å². The number of fused-ring (bicyclic) bond motifs is 1. The van der Waals surface area contributed by atoms with Crippen molar-refractivity contribution < 1.29 is 13.5 Å². The molecule has 0 saturated heterocycles. The normalized spacial score (nSPS) is 17.0. The summed E-state index contributed by atoms with van der Waals surface area (Å²) in [6.07, 6.45) is 3.68. The number of ether oxygens (including phenoxy) is 1. The van der Waals surface area contributed by atoms with Crippen molar-refractivity contribution in [3.63, 3.8) is 0 Å². The molecule has 6 nitrogen and oxygen atoms in total. The minimum atomic E-state index is -2.64. The quantitative estimate of drug-likeness (QED) is 0.563. The second kappa shape index (κ2) is 8.41. The summed E-state index contributed by atoms with van der Waals surface area (Å²) in [5, 5.41) is 4.69. The van der Waals surface area contributed by atoms with Crippen molar-refractivity contribution in [3.05, 3.63) is 57.1 Å². The monoisotopic (exact) mass is 440 g/mol. The van der Waals surface area contributed by atoms with E-state index in [4.69, 9.17) is 4.74 Å². The minimum absolute atomic E-state index is 0.188. The summed E-state index contributed by atoms with van der Waals surface area (Å²) in [6, 6.07) is 5.24. The molecule has 0 unspecified atom stereocenters. The van der Waals surface area contributed by atoms with Crippen LogP contribution in [0.25, 0.3) is 22.7 Å². The summed E-state index contributed by atoms with van der Waals surface area (Å²) in [6.45, 7) is 5.58. The molecule has 3 aromatic rings. The second-order valence-corrected chi connectivity index (χ2v) is 8.43. The van der Waals surface area contributed by atoms with Crippen LogP contribution < -0.4 is 10.2 Å². The third-order valence-corrected chi connectivity index (χ3v) is 6.09. The molecule has 0 radical (unpaired) electrons. The maximum atomic E-state index is 13.8. The zero-order chi connectivity index (χ0) is 23.0. The Morgan fingerprint density at radius 3 is 2.66 bits per heavy atom. The highest BCUT2D eigenvalue weighted by Gasteiger charge is 2.36. The number of hydrogen-bond donors (Lipinski definition) is 0. The Kier molecular flexibility index (Phi) is 5.79. The number of halogens is 2. The van der Waals surface area contributed by atoms with E-state index in [0.29, 0.717) is 35.3 Å². The second-order valence-electron chi connectivity index (χ2n) is 8.43. The summed E-state index contributed by atoms with van der Waals surface area (Å²) in [5.41, 5.74) is 4.06. The van der Waals surface area contributed by atoms with Gasteiger partial charge in [0.25, 0.3) is 0 Å². The molecule has 0 spiro atoms. The first-order valence-corrected chi connectivity index (χ1v) is 10.7. The lowest BCUT2D eigenvalue weighted by atomic mass is 9.92. The zero-order valence-corrected chi connectivity index (χ0v) is 18.7. The van der Waals surface area contributed by atoms with Crippen molar-refractivity contribution in [3.8, 4) is 5.88 Å². The number of aryl methyl sites for hydroxylation is 2. The zero-order valence-electron chi connectivity index (χ0n) is 18.7. The Labute approximate surface area is 185 Å². The smallest absolute Gasteiger partial charge is 0.248 e. The van der Waals surface area contributed by atoms with E-state index >= 15 is 0 Å². The van der Waals surface area contributed by atoms with Crippen molar-refractivity contribution in [2.75, 3.05) is 7.11 Å². The third kappa shape index (κ3) is 4.26. The number of pyridine rings is 2. The average Bonchev–Trinajstić information content (AvgIpc) is 2.76. The molecule has 0 bridgehead atoms. The predicted molar refractivity (Wildman–Crippen MR) is 120 cm³/mol. The maximum absolute atomic E-state index is 13.8. The SMILES string of the molecule is COc1cc(/C=C(\C)c2nn(C3CCC(F)(F)CC3)c3cc(C)c(C)nc3c2=O)ccn1. The number of allylic oxidation sites excluding steroid dienone is 1. The van der Waals surface area contributed by atoms with E-state index in [1.165, 1.54) is 7.11 Å². The number of rotatable bonds is 4. The average molecular weight is 440 g/mol. The standard InChI is InChI=1S/C24H26F2N4O2/c1-14-12-19-22(28-16(14)3)23(31)21(15(2)11-17-7-10-27-20(13-17)32-4)29-30(19)18-5-8-24(25,26)9-6-18/h7,10-13,18H,5-6,8-9H2,1-4H3/b15-11+. The summed E-state index contributed by atoms with van der Waals surface area (Å²) < 4.78 is 34.5. The van der Waals surface area contributed by atoms with Crippen LogP contribution in [0.2, 0.25) is 0 Å². The van der Waals surface area contributed by atoms with E-state index in [2.05, 4.69) is 15.1 Å². The molecule has 8 heteroatoms. The number of alkyl halides is 2. The van der Waals surface area contributed by atoms with Crippen LogP contribution in [0, 0.1) is 13.8 Å². The van der Waals surface area contributed by atoms with Crippen LogP contribution in [0.5, 0.6) is 5.88 Å². The van der Waals surface area contributed by atoms with Gasteiger partial charge >= 0.3 is 0 Å². The Bertz CT molecular complexity index is 1260. The molecule has 0 aromatic carbocycles. The van der Waals surface area contributed by atoms with Gasteiger partial charge in [-0.05, 0) is 68.5 Å². The summed E-state index contributed by atoms with van der Waals surface area (Å²) in [4.78, 5) is 22.0. The van der Waals surface area contributed by atoms with Gasteiger partial charge in [-0.25, -0.2) is 18.7 Å². The lowest BCUT2D eigenvalue weighted by molar-refractivity contribution is -0.0447. The third-order valence-electron chi connectivity index (χ3n) is 6.09. The van der Waals surface area contributed by atoms with Gasteiger partial charge in [0.1, 0.15) is 11.2 Å². The van der Waals surface area contributed by atoms with Crippen molar-refractivity contribution in [1.29, 1.82) is 0 Å². The molecule has 0 N–H and O–H groups in total. The number of nitrogens with zero attached hydrogens (tertiary/aromatic N) is 4. The lowest BCUT2D eigenvalue weighted by Crippen LogP contribution is -2.29. The van der Waals surface area contributed by atoms with Crippen LogP contribution in [0.4, 0.5) is 8.78 Å². The van der Waals surface area contributed by atoms with Crippen LogP contribution >= 0.6 is 0 Å². The minimum Gasteiger partial charge on any atom is -0.481 e. The molecule has 1 fully saturated rings. The molecule has 3 heterocycles. The predicted octanol–water partition coefficient (Wildman–Crippen LogP) is 5.12. The van der Waals surface area contributed by atoms with Gasteiger partial charge in [-0.15, -0.1) is 0 Å². The van der Waals surface area contributed by atoms with Crippen LogP contribution in [0.1, 0.15) is 61.2 Å².